The summed E-state index contributed by atoms with van der Waals surface area (Å²) in [5.41, 5.74) is 0.716. The Kier molecular flexibility index (Phi) is 5.60. The largest absolute Gasteiger partial charge is 0.324 e. The molecule has 0 unspecified atom stereocenters. The van der Waals surface area contributed by atoms with Gasteiger partial charge in [0.1, 0.15) is 0 Å². The first kappa shape index (κ1) is 13.5. The summed E-state index contributed by atoms with van der Waals surface area (Å²) in [5.74, 6) is 0.214. The molecule has 1 rings (SSSR count). The van der Waals surface area contributed by atoms with Gasteiger partial charge in [-0.15, -0.1) is 11.6 Å². The van der Waals surface area contributed by atoms with Gasteiger partial charge in [0.05, 0.1) is 5.69 Å². The maximum absolute atomic E-state index is 11.4. The van der Waals surface area contributed by atoms with E-state index in [0.29, 0.717) is 18.0 Å². The van der Waals surface area contributed by atoms with Gasteiger partial charge < -0.3 is 5.32 Å². The van der Waals surface area contributed by atoms with Crippen LogP contribution in [0.4, 0.5) is 5.69 Å². The van der Waals surface area contributed by atoms with Crippen molar-refractivity contribution >= 4 is 71.0 Å². The lowest BCUT2D eigenvalue weighted by Crippen LogP contribution is -2.12. The summed E-state index contributed by atoms with van der Waals surface area (Å²) in [4.78, 5) is 11.4. The predicted molar refractivity (Wildman–Crippen MR) is 73.5 cm³/mol. The molecule has 1 amide bonds. The van der Waals surface area contributed by atoms with Crippen LogP contribution in [0, 0.1) is 0 Å². The summed E-state index contributed by atoms with van der Waals surface area (Å²) < 4.78 is 2.55. The number of carbonyl (C=O) groups is 1. The molecule has 1 aromatic carbocycles. The average Bonchev–Trinajstić information content (AvgIpc) is 2.11. The Morgan fingerprint density at radius 3 is 2.27 bits per heavy atom. The molecule has 82 valence electrons. The standard InChI is InChI=1S/C9H7Br3ClNO/c10-5-3-6(11)9(7(12)4-5)14-8(15)1-2-13/h3-4H,1-2H2,(H,14,15). The Morgan fingerprint density at radius 1 is 1.27 bits per heavy atom. The van der Waals surface area contributed by atoms with Gasteiger partial charge in [0, 0.05) is 25.7 Å². The van der Waals surface area contributed by atoms with Gasteiger partial charge in [-0.25, -0.2) is 0 Å². The van der Waals surface area contributed by atoms with E-state index >= 15 is 0 Å². The zero-order valence-corrected chi connectivity index (χ0v) is 13.0. The first-order valence-electron chi connectivity index (χ1n) is 4.05. The second kappa shape index (κ2) is 6.23. The summed E-state index contributed by atoms with van der Waals surface area (Å²) in [7, 11) is 0. The molecule has 1 N–H and O–H groups in total. The van der Waals surface area contributed by atoms with E-state index in [0.717, 1.165) is 13.4 Å². The van der Waals surface area contributed by atoms with Crippen LogP contribution in [-0.4, -0.2) is 11.8 Å². The molecule has 15 heavy (non-hydrogen) atoms. The second-order valence-corrected chi connectivity index (χ2v) is 5.73. The number of halogens is 4. The van der Waals surface area contributed by atoms with Crippen LogP contribution in [0.2, 0.25) is 0 Å². The number of hydrogen-bond donors (Lipinski definition) is 1. The molecule has 0 spiro atoms. The Balaban J connectivity index is 2.90. The number of amides is 1. The van der Waals surface area contributed by atoms with Crippen LogP contribution in [0.15, 0.2) is 25.6 Å². The molecular weight excluding hydrogens is 413 g/mol. The quantitative estimate of drug-likeness (QED) is 0.715. The lowest BCUT2D eigenvalue weighted by atomic mass is 10.3. The van der Waals surface area contributed by atoms with E-state index in [1.807, 2.05) is 12.1 Å². The van der Waals surface area contributed by atoms with Gasteiger partial charge in [-0.1, -0.05) is 15.9 Å². The fourth-order valence-electron chi connectivity index (χ4n) is 0.949. The fraction of sp³-hybridized carbons (Fsp3) is 0.222. The third-order valence-corrected chi connectivity index (χ3v) is 3.49. The molecule has 0 aromatic heterocycles. The van der Waals surface area contributed by atoms with Crippen LogP contribution < -0.4 is 5.32 Å². The highest BCUT2D eigenvalue weighted by atomic mass is 79.9. The Labute approximate surface area is 118 Å². The van der Waals surface area contributed by atoms with Crippen LogP contribution >= 0.6 is 59.4 Å². The van der Waals surface area contributed by atoms with Crippen molar-refractivity contribution in [2.24, 2.45) is 0 Å². The zero-order valence-electron chi connectivity index (χ0n) is 7.49. The van der Waals surface area contributed by atoms with E-state index < -0.39 is 0 Å². The highest BCUT2D eigenvalue weighted by molar-refractivity contribution is 9.11. The summed E-state index contributed by atoms with van der Waals surface area (Å²) in [5, 5.41) is 2.77. The van der Waals surface area contributed by atoms with E-state index in [4.69, 9.17) is 11.6 Å². The molecule has 0 heterocycles. The van der Waals surface area contributed by atoms with Crippen molar-refractivity contribution < 1.29 is 4.79 Å². The monoisotopic (exact) mass is 417 g/mol. The minimum absolute atomic E-state index is 0.103. The topological polar surface area (TPSA) is 29.1 Å². The summed E-state index contributed by atoms with van der Waals surface area (Å²) in [6.45, 7) is 0. The van der Waals surface area contributed by atoms with Crippen LogP contribution in [-0.2, 0) is 4.79 Å². The molecular formula is C9H7Br3ClNO. The molecule has 0 fully saturated rings. The predicted octanol–water partition coefficient (Wildman–Crippen LogP) is 4.54. The molecule has 0 saturated heterocycles. The third kappa shape index (κ3) is 4.06. The van der Waals surface area contributed by atoms with Crippen LogP contribution in [0.25, 0.3) is 0 Å². The summed E-state index contributed by atoms with van der Waals surface area (Å²) in [6.07, 6.45) is 0.302. The molecule has 0 radical (unpaired) electrons. The molecule has 0 saturated carbocycles. The van der Waals surface area contributed by atoms with Crippen molar-refractivity contribution in [1.82, 2.24) is 0 Å². The number of hydrogen-bond acceptors (Lipinski definition) is 1. The van der Waals surface area contributed by atoms with Crippen LogP contribution in [0.1, 0.15) is 6.42 Å². The van der Waals surface area contributed by atoms with Gasteiger partial charge in [-0.2, -0.15) is 0 Å². The lowest BCUT2D eigenvalue weighted by Gasteiger charge is -2.09. The van der Waals surface area contributed by atoms with Crippen molar-refractivity contribution in [3.63, 3.8) is 0 Å². The van der Waals surface area contributed by atoms with Gasteiger partial charge in [-0.3, -0.25) is 4.79 Å². The van der Waals surface area contributed by atoms with Crippen LogP contribution in [0.5, 0.6) is 0 Å². The van der Waals surface area contributed by atoms with Gasteiger partial charge in [0.2, 0.25) is 5.91 Å². The second-order valence-electron chi connectivity index (χ2n) is 2.73. The van der Waals surface area contributed by atoms with Crippen molar-refractivity contribution in [2.45, 2.75) is 6.42 Å². The highest BCUT2D eigenvalue weighted by Gasteiger charge is 2.09. The Bertz CT molecular complexity index is 361. The molecule has 0 aliphatic rings. The van der Waals surface area contributed by atoms with Crippen LogP contribution in [0.3, 0.4) is 0 Å². The highest BCUT2D eigenvalue weighted by Crippen LogP contribution is 2.34. The number of rotatable bonds is 3. The maximum Gasteiger partial charge on any atom is 0.225 e. The van der Waals surface area contributed by atoms with E-state index in [1.54, 1.807) is 0 Å². The van der Waals surface area contributed by atoms with Crippen molar-refractivity contribution in [1.29, 1.82) is 0 Å². The number of benzene rings is 1. The van der Waals surface area contributed by atoms with Crippen molar-refractivity contribution in [2.75, 3.05) is 11.2 Å². The number of anilines is 1. The lowest BCUT2D eigenvalue weighted by molar-refractivity contribution is -0.115. The number of carbonyl (C=O) groups excluding carboxylic acids is 1. The maximum atomic E-state index is 11.4. The SMILES string of the molecule is O=C(CCCl)Nc1c(Br)cc(Br)cc1Br. The van der Waals surface area contributed by atoms with Gasteiger partial charge in [0.15, 0.2) is 0 Å². The molecule has 0 bridgehead atoms. The zero-order chi connectivity index (χ0) is 11.4. The van der Waals surface area contributed by atoms with E-state index in [-0.39, 0.29) is 5.91 Å². The first-order valence-corrected chi connectivity index (χ1v) is 6.96. The minimum Gasteiger partial charge on any atom is -0.324 e. The van der Waals surface area contributed by atoms with E-state index in [9.17, 15) is 4.79 Å². The third-order valence-electron chi connectivity index (χ3n) is 1.59. The molecule has 1 aromatic rings. The fourth-order valence-corrected chi connectivity index (χ4v) is 3.58. The molecule has 0 aliphatic heterocycles. The number of nitrogens with one attached hydrogen (secondary N) is 1. The van der Waals surface area contributed by atoms with Crippen molar-refractivity contribution in [3.8, 4) is 0 Å². The summed E-state index contributed by atoms with van der Waals surface area (Å²) in [6, 6.07) is 3.72. The Hall–Kier alpha value is 0.420. The van der Waals surface area contributed by atoms with E-state index in [1.165, 1.54) is 0 Å². The van der Waals surface area contributed by atoms with Gasteiger partial charge in [0.25, 0.3) is 0 Å². The minimum atomic E-state index is -0.103. The first-order chi connectivity index (χ1) is 7.04. The molecule has 6 heteroatoms. The molecule has 2 nitrogen and oxygen atoms in total. The Morgan fingerprint density at radius 2 is 1.80 bits per heavy atom. The average molecular weight is 420 g/mol. The molecule has 0 atom stereocenters. The smallest absolute Gasteiger partial charge is 0.225 e. The van der Waals surface area contributed by atoms with Gasteiger partial charge in [-0.05, 0) is 44.0 Å². The normalized spacial score (nSPS) is 10.1. The van der Waals surface area contributed by atoms with E-state index in [2.05, 4.69) is 53.1 Å². The van der Waals surface area contributed by atoms with Crippen molar-refractivity contribution in [3.05, 3.63) is 25.6 Å². The number of alkyl halides is 1. The van der Waals surface area contributed by atoms with Gasteiger partial charge >= 0.3 is 0 Å². The molecule has 0 aliphatic carbocycles. The summed E-state index contributed by atoms with van der Waals surface area (Å²) >= 11 is 15.6.